The third-order valence-corrected chi connectivity index (χ3v) is 7.82. The predicted molar refractivity (Wildman–Crippen MR) is 155 cm³/mol. The van der Waals surface area contributed by atoms with Crippen LogP contribution in [0.3, 0.4) is 0 Å². The van der Waals surface area contributed by atoms with Crippen LogP contribution < -0.4 is 23.0 Å². The van der Waals surface area contributed by atoms with Crippen molar-refractivity contribution >= 4 is 5.96 Å². The van der Waals surface area contributed by atoms with E-state index in [1.807, 2.05) is 0 Å². The topological polar surface area (TPSA) is 90.1 Å². The Morgan fingerprint density at radius 1 is 0.487 bits per heavy atom. The van der Waals surface area contributed by atoms with Crippen LogP contribution in [0, 0.1) is 0 Å². The minimum Gasteiger partial charge on any atom is -1.00 e. The van der Waals surface area contributed by atoms with Gasteiger partial charge in [0.05, 0.1) is 25.2 Å². The van der Waals surface area contributed by atoms with Crippen molar-refractivity contribution in [3.05, 3.63) is 144 Å². The quantitative estimate of drug-likeness (QED) is 0.357. The number of nitrogens with one attached hydrogen (secondary N) is 2. The van der Waals surface area contributed by atoms with Gasteiger partial charge in [0.15, 0.2) is 0 Å². The molecule has 6 rings (SSSR count). The highest BCUT2D eigenvalue weighted by molar-refractivity contribution is 5.77. The van der Waals surface area contributed by atoms with Crippen molar-refractivity contribution < 1.29 is 27.9 Å². The molecule has 0 fully saturated rings. The van der Waals surface area contributed by atoms with Gasteiger partial charge in [0.25, 0.3) is 0 Å². The SMILES string of the molecule is O.O.[Cl-].c1ccc(C(c2ccccc2)[C@@H]2CC[N+]3=C(N2)N[C@H](C(c2ccccc2)c2ccccc2)CC3)cc1. The summed E-state index contributed by atoms with van der Waals surface area (Å²) in [5, 5.41) is 7.94. The molecule has 0 radical (unpaired) electrons. The van der Waals surface area contributed by atoms with Crippen molar-refractivity contribution in [2.45, 2.75) is 36.8 Å². The van der Waals surface area contributed by atoms with Gasteiger partial charge in [-0.15, -0.1) is 0 Å². The Hall–Kier alpha value is -3.64. The van der Waals surface area contributed by atoms with Crippen LogP contribution in [0.5, 0.6) is 0 Å². The molecule has 2 aliphatic rings. The second-order valence-corrected chi connectivity index (χ2v) is 10.0. The Labute approximate surface area is 237 Å². The predicted octanol–water partition coefficient (Wildman–Crippen LogP) is 1.10. The fraction of sp³-hybridized carbons (Fsp3) is 0.242. The second-order valence-electron chi connectivity index (χ2n) is 10.0. The molecule has 0 aliphatic carbocycles. The van der Waals surface area contributed by atoms with Crippen LogP contribution in [0.2, 0.25) is 0 Å². The molecular weight excluding hydrogens is 506 g/mol. The average Bonchev–Trinajstić information content (AvgIpc) is 2.96. The molecule has 2 heterocycles. The Morgan fingerprint density at radius 2 is 0.769 bits per heavy atom. The monoisotopic (exact) mass is 543 g/mol. The van der Waals surface area contributed by atoms with E-state index in [-0.39, 0.29) is 23.4 Å². The van der Waals surface area contributed by atoms with Crippen molar-refractivity contribution in [3.63, 3.8) is 0 Å². The molecule has 4 aromatic rings. The third kappa shape index (κ3) is 6.51. The van der Waals surface area contributed by atoms with Crippen molar-refractivity contribution in [2.24, 2.45) is 0 Å². The molecule has 0 saturated carbocycles. The number of rotatable bonds is 6. The smallest absolute Gasteiger partial charge is 0.346 e. The van der Waals surface area contributed by atoms with Crippen LogP contribution in [-0.4, -0.2) is 46.7 Å². The van der Waals surface area contributed by atoms with E-state index in [1.165, 1.54) is 28.2 Å². The zero-order valence-corrected chi connectivity index (χ0v) is 22.8. The molecule has 0 unspecified atom stereocenters. The van der Waals surface area contributed by atoms with Gasteiger partial charge >= 0.3 is 5.96 Å². The van der Waals surface area contributed by atoms with E-state index in [9.17, 15) is 0 Å². The Kier molecular flexibility index (Phi) is 10.7. The zero-order chi connectivity index (χ0) is 24.2. The molecule has 0 bridgehead atoms. The summed E-state index contributed by atoms with van der Waals surface area (Å²) in [4.78, 5) is 0. The van der Waals surface area contributed by atoms with Crippen molar-refractivity contribution in [3.8, 4) is 0 Å². The number of guanidine groups is 1. The maximum absolute atomic E-state index is 3.97. The summed E-state index contributed by atoms with van der Waals surface area (Å²) < 4.78 is 2.51. The van der Waals surface area contributed by atoms with Crippen LogP contribution >= 0.6 is 0 Å². The molecule has 204 valence electrons. The number of hydrogen-bond donors (Lipinski definition) is 2. The fourth-order valence-electron chi connectivity index (χ4n) is 6.10. The summed E-state index contributed by atoms with van der Waals surface area (Å²) >= 11 is 0. The molecule has 0 aromatic heterocycles. The van der Waals surface area contributed by atoms with Gasteiger partial charge < -0.3 is 23.4 Å². The van der Waals surface area contributed by atoms with E-state index in [1.54, 1.807) is 0 Å². The Balaban J connectivity index is 0.00000140. The first kappa shape index (κ1) is 29.9. The second kappa shape index (κ2) is 13.9. The first-order valence-corrected chi connectivity index (χ1v) is 13.2. The van der Waals surface area contributed by atoms with Crippen LogP contribution in [0.15, 0.2) is 121 Å². The first-order chi connectivity index (χ1) is 17.9. The van der Waals surface area contributed by atoms with Gasteiger partial charge in [-0.3, -0.25) is 15.2 Å². The molecule has 2 aliphatic heterocycles. The normalized spacial score (nSPS) is 18.0. The van der Waals surface area contributed by atoms with Gasteiger partial charge in [0, 0.05) is 24.7 Å². The summed E-state index contributed by atoms with van der Waals surface area (Å²) in [6, 6.07) is 44.6. The molecule has 6 N–H and O–H groups in total. The van der Waals surface area contributed by atoms with Gasteiger partial charge in [-0.05, 0) is 22.3 Å². The molecule has 6 heteroatoms. The lowest BCUT2D eigenvalue weighted by molar-refractivity contribution is -0.542. The maximum atomic E-state index is 3.97. The highest BCUT2D eigenvalue weighted by Gasteiger charge is 2.39. The molecule has 0 amide bonds. The van der Waals surface area contributed by atoms with Crippen molar-refractivity contribution in [2.75, 3.05) is 13.1 Å². The summed E-state index contributed by atoms with van der Waals surface area (Å²) in [6.07, 6.45) is 2.23. The van der Waals surface area contributed by atoms with Crippen LogP contribution in [0.4, 0.5) is 0 Å². The standard InChI is InChI=1S/C33H33N3.ClH.2H2O/c1-5-13-25(14-6-1)31(26-15-7-2-8-16-26)29-21-23-36-24-22-30(35-33(36)34-29)32(27-17-9-3-10-18-27)28-19-11-4-12-20-28;;;/h1-20,29-32H,21-24H2,(H,34,35);1H;2*1H2/t29-,30-;;;/m0.../s1. The molecule has 39 heavy (non-hydrogen) atoms. The minimum atomic E-state index is 0. The Bertz CT molecular complexity index is 1120. The molecule has 4 aromatic carbocycles. The average molecular weight is 544 g/mol. The molecule has 0 spiro atoms. The molecule has 2 atom stereocenters. The van der Waals surface area contributed by atoms with E-state index < -0.39 is 0 Å². The molecule has 0 saturated heterocycles. The lowest BCUT2D eigenvalue weighted by atomic mass is 9.81. The van der Waals surface area contributed by atoms with E-state index in [4.69, 9.17) is 0 Å². The van der Waals surface area contributed by atoms with Gasteiger partial charge in [0.1, 0.15) is 0 Å². The Morgan fingerprint density at radius 3 is 1.05 bits per heavy atom. The fourth-order valence-corrected chi connectivity index (χ4v) is 6.10. The van der Waals surface area contributed by atoms with Crippen LogP contribution in [-0.2, 0) is 0 Å². The third-order valence-electron chi connectivity index (χ3n) is 7.82. The highest BCUT2D eigenvalue weighted by atomic mass is 35.5. The van der Waals surface area contributed by atoms with Crippen molar-refractivity contribution in [1.82, 2.24) is 10.6 Å². The van der Waals surface area contributed by atoms with E-state index >= 15 is 0 Å². The van der Waals surface area contributed by atoms with Crippen LogP contribution in [0.1, 0.15) is 46.9 Å². The van der Waals surface area contributed by atoms with Crippen molar-refractivity contribution in [1.29, 1.82) is 0 Å². The summed E-state index contributed by atoms with van der Waals surface area (Å²) in [7, 11) is 0. The number of hydrogen-bond acceptors (Lipinski definition) is 2. The molecular formula is C33H38ClN3O2. The first-order valence-electron chi connectivity index (χ1n) is 13.2. The van der Waals surface area contributed by atoms with E-state index in [0.29, 0.717) is 23.9 Å². The lowest BCUT2D eigenvalue weighted by Gasteiger charge is -2.37. The molecule has 5 nitrogen and oxygen atoms in total. The summed E-state index contributed by atoms with van der Waals surface area (Å²) in [6.45, 7) is 2.15. The van der Waals surface area contributed by atoms with Gasteiger partial charge in [-0.2, -0.15) is 0 Å². The van der Waals surface area contributed by atoms with Crippen LogP contribution in [0.25, 0.3) is 0 Å². The number of nitrogens with zero attached hydrogens (tertiary/aromatic N) is 1. The largest absolute Gasteiger partial charge is 1.00 e. The summed E-state index contributed by atoms with van der Waals surface area (Å²) in [5.74, 6) is 1.81. The number of benzene rings is 4. The minimum absolute atomic E-state index is 0. The van der Waals surface area contributed by atoms with Gasteiger partial charge in [-0.25, -0.2) is 0 Å². The maximum Gasteiger partial charge on any atom is 0.346 e. The summed E-state index contributed by atoms with van der Waals surface area (Å²) in [5.41, 5.74) is 5.48. The highest BCUT2D eigenvalue weighted by Crippen LogP contribution is 2.33. The van der Waals surface area contributed by atoms with Gasteiger partial charge in [0.2, 0.25) is 0 Å². The zero-order valence-electron chi connectivity index (χ0n) is 22.0. The number of halogens is 1. The lowest BCUT2D eigenvalue weighted by Crippen LogP contribution is -3.00. The van der Waals surface area contributed by atoms with Gasteiger partial charge in [-0.1, -0.05) is 121 Å². The van der Waals surface area contributed by atoms with E-state index in [0.717, 1.165) is 25.9 Å². The van der Waals surface area contributed by atoms with E-state index in [2.05, 4.69) is 137 Å².